The van der Waals surface area contributed by atoms with Crippen LogP contribution >= 0.6 is 23.1 Å². The molecule has 3 heterocycles. The van der Waals surface area contributed by atoms with E-state index in [1.807, 2.05) is 4.90 Å². The van der Waals surface area contributed by atoms with E-state index >= 15 is 0 Å². The van der Waals surface area contributed by atoms with Gasteiger partial charge in [0.15, 0.2) is 0 Å². The second kappa shape index (κ2) is 7.70. The third kappa shape index (κ3) is 3.54. The molecule has 1 aliphatic carbocycles. The van der Waals surface area contributed by atoms with E-state index in [0.29, 0.717) is 30.5 Å². The molecule has 4 rings (SSSR count). The standard InChI is InChI=1S/C18H24N4O2S2/c19-8-11-4-6-22(9-11)15(23)5-7-25-10-14-20-17(24)16-12-2-1-3-13(12)26-18(16)21-14/h11H,1-10,19H2,(H,20,21,24). The van der Waals surface area contributed by atoms with Crippen molar-refractivity contribution in [3.8, 4) is 0 Å². The van der Waals surface area contributed by atoms with Gasteiger partial charge in [0.1, 0.15) is 10.7 Å². The molecular weight excluding hydrogens is 368 g/mol. The summed E-state index contributed by atoms with van der Waals surface area (Å²) in [6.45, 7) is 2.29. The van der Waals surface area contributed by atoms with Crippen LogP contribution in [-0.4, -0.2) is 46.2 Å². The maximum Gasteiger partial charge on any atom is 0.259 e. The van der Waals surface area contributed by atoms with Crippen molar-refractivity contribution in [1.29, 1.82) is 0 Å². The highest BCUT2D eigenvalue weighted by Gasteiger charge is 2.25. The number of amides is 1. The van der Waals surface area contributed by atoms with Gasteiger partial charge in [-0.1, -0.05) is 0 Å². The quantitative estimate of drug-likeness (QED) is 0.733. The Morgan fingerprint density at radius 2 is 2.31 bits per heavy atom. The number of fused-ring (bicyclic) bond motifs is 3. The first-order valence-electron chi connectivity index (χ1n) is 9.24. The number of thiophene rings is 1. The maximum absolute atomic E-state index is 12.4. The minimum Gasteiger partial charge on any atom is -0.342 e. The van der Waals surface area contributed by atoms with Crippen LogP contribution in [0.25, 0.3) is 10.2 Å². The Hall–Kier alpha value is -1.38. The van der Waals surface area contributed by atoms with E-state index in [4.69, 9.17) is 5.73 Å². The molecule has 1 aliphatic heterocycles. The van der Waals surface area contributed by atoms with E-state index in [1.54, 1.807) is 23.1 Å². The fraction of sp³-hybridized carbons (Fsp3) is 0.611. The van der Waals surface area contributed by atoms with Gasteiger partial charge in [0.05, 0.1) is 11.1 Å². The highest BCUT2D eigenvalue weighted by molar-refractivity contribution is 7.98. The summed E-state index contributed by atoms with van der Waals surface area (Å²) >= 11 is 3.31. The van der Waals surface area contributed by atoms with Crippen molar-refractivity contribution in [2.24, 2.45) is 11.7 Å². The van der Waals surface area contributed by atoms with Crippen molar-refractivity contribution in [3.63, 3.8) is 0 Å². The largest absolute Gasteiger partial charge is 0.342 e. The van der Waals surface area contributed by atoms with Crippen LogP contribution in [0.3, 0.4) is 0 Å². The summed E-state index contributed by atoms with van der Waals surface area (Å²) < 4.78 is 0. The molecule has 2 aromatic rings. The third-order valence-electron chi connectivity index (χ3n) is 5.30. The number of nitrogens with two attached hydrogens (primary N) is 1. The summed E-state index contributed by atoms with van der Waals surface area (Å²) in [5.74, 6) is 2.75. The predicted octanol–water partition coefficient (Wildman–Crippen LogP) is 1.90. The molecule has 6 nitrogen and oxygen atoms in total. The number of aromatic amines is 1. The van der Waals surface area contributed by atoms with Crippen LogP contribution in [0.15, 0.2) is 4.79 Å². The number of aryl methyl sites for hydroxylation is 2. The Labute approximate surface area is 160 Å². The average molecular weight is 393 g/mol. The topological polar surface area (TPSA) is 92.1 Å². The molecule has 0 saturated carbocycles. The third-order valence-corrected chi connectivity index (χ3v) is 7.45. The van der Waals surface area contributed by atoms with Crippen LogP contribution < -0.4 is 11.3 Å². The van der Waals surface area contributed by atoms with E-state index in [-0.39, 0.29) is 11.5 Å². The van der Waals surface area contributed by atoms with Gasteiger partial charge in [-0.3, -0.25) is 9.59 Å². The number of likely N-dealkylation sites (tertiary alicyclic amines) is 1. The molecule has 1 atom stereocenters. The lowest BCUT2D eigenvalue weighted by atomic mass is 10.1. The van der Waals surface area contributed by atoms with E-state index in [2.05, 4.69) is 9.97 Å². The highest BCUT2D eigenvalue weighted by atomic mass is 32.2. The Bertz CT molecular complexity index is 876. The molecule has 1 saturated heterocycles. The Morgan fingerprint density at radius 3 is 3.12 bits per heavy atom. The number of nitrogens with zero attached hydrogens (tertiary/aromatic N) is 2. The maximum atomic E-state index is 12.4. The smallest absolute Gasteiger partial charge is 0.259 e. The Morgan fingerprint density at radius 1 is 1.42 bits per heavy atom. The van der Waals surface area contributed by atoms with E-state index in [1.165, 1.54) is 10.4 Å². The van der Waals surface area contributed by atoms with E-state index < -0.39 is 0 Å². The molecule has 1 fully saturated rings. The molecule has 0 radical (unpaired) electrons. The van der Waals surface area contributed by atoms with Gasteiger partial charge in [-0.25, -0.2) is 4.98 Å². The SMILES string of the molecule is NCC1CCN(C(=O)CCSCc2nc3sc4c(c3c(=O)[nH]2)CCC4)C1. The lowest BCUT2D eigenvalue weighted by Gasteiger charge is -2.15. The van der Waals surface area contributed by atoms with Crippen LogP contribution in [0.5, 0.6) is 0 Å². The number of carbonyl (C=O) groups is 1. The summed E-state index contributed by atoms with van der Waals surface area (Å²) in [7, 11) is 0. The van der Waals surface area contributed by atoms with Gasteiger partial charge in [-0.15, -0.1) is 11.3 Å². The number of hydrogen-bond donors (Lipinski definition) is 2. The predicted molar refractivity (Wildman–Crippen MR) is 107 cm³/mol. The van der Waals surface area contributed by atoms with Crippen LogP contribution in [-0.2, 0) is 23.4 Å². The van der Waals surface area contributed by atoms with Crippen molar-refractivity contribution >= 4 is 39.2 Å². The van der Waals surface area contributed by atoms with Crippen molar-refractivity contribution in [2.45, 2.75) is 37.9 Å². The van der Waals surface area contributed by atoms with E-state index in [0.717, 1.165) is 54.7 Å². The zero-order chi connectivity index (χ0) is 18.1. The van der Waals surface area contributed by atoms with Gasteiger partial charge in [0.25, 0.3) is 5.56 Å². The van der Waals surface area contributed by atoms with Crippen molar-refractivity contribution in [3.05, 3.63) is 26.6 Å². The summed E-state index contributed by atoms with van der Waals surface area (Å²) in [5, 5.41) is 0.801. The van der Waals surface area contributed by atoms with E-state index in [9.17, 15) is 9.59 Å². The molecule has 2 aliphatic rings. The normalized spacial score (nSPS) is 19.4. The zero-order valence-corrected chi connectivity index (χ0v) is 16.4. The minimum atomic E-state index is -0.00836. The summed E-state index contributed by atoms with van der Waals surface area (Å²) in [6, 6.07) is 0. The van der Waals surface area contributed by atoms with Crippen LogP contribution in [0.1, 0.15) is 35.5 Å². The second-order valence-electron chi connectivity index (χ2n) is 7.08. The number of nitrogens with one attached hydrogen (secondary N) is 1. The first kappa shape index (κ1) is 18.0. The molecule has 140 valence electrons. The van der Waals surface area contributed by atoms with Gasteiger partial charge in [-0.05, 0) is 43.7 Å². The van der Waals surface area contributed by atoms with Crippen molar-refractivity contribution in [2.75, 3.05) is 25.4 Å². The molecule has 26 heavy (non-hydrogen) atoms. The molecule has 2 aromatic heterocycles. The van der Waals surface area contributed by atoms with Gasteiger partial charge in [-0.2, -0.15) is 11.8 Å². The van der Waals surface area contributed by atoms with Crippen molar-refractivity contribution in [1.82, 2.24) is 14.9 Å². The lowest BCUT2D eigenvalue weighted by Crippen LogP contribution is -2.30. The first-order valence-corrected chi connectivity index (χ1v) is 11.2. The molecule has 1 amide bonds. The minimum absolute atomic E-state index is 0.00836. The van der Waals surface area contributed by atoms with Gasteiger partial charge in [0.2, 0.25) is 5.91 Å². The number of hydrogen-bond acceptors (Lipinski definition) is 6. The number of H-pyrrole nitrogens is 1. The zero-order valence-electron chi connectivity index (χ0n) is 14.8. The number of rotatable bonds is 6. The molecular formula is C18H24N4O2S2. The molecule has 1 unspecified atom stereocenters. The first-order chi connectivity index (χ1) is 12.7. The van der Waals surface area contributed by atoms with Crippen LogP contribution in [0.4, 0.5) is 0 Å². The summed E-state index contributed by atoms with van der Waals surface area (Å²) in [6.07, 6.45) is 4.76. The number of carbonyl (C=O) groups excluding carboxylic acids is 1. The highest BCUT2D eigenvalue weighted by Crippen LogP contribution is 2.34. The van der Waals surface area contributed by atoms with Crippen molar-refractivity contribution < 1.29 is 4.79 Å². The average Bonchev–Trinajstić information content (AvgIpc) is 3.33. The fourth-order valence-electron chi connectivity index (χ4n) is 3.85. The fourth-order valence-corrected chi connectivity index (χ4v) is 5.93. The lowest BCUT2D eigenvalue weighted by molar-refractivity contribution is -0.129. The van der Waals surface area contributed by atoms with Crippen LogP contribution in [0.2, 0.25) is 0 Å². The summed E-state index contributed by atoms with van der Waals surface area (Å²) in [4.78, 5) is 36.4. The van der Waals surface area contributed by atoms with Crippen LogP contribution in [0, 0.1) is 5.92 Å². The van der Waals surface area contributed by atoms with Gasteiger partial charge >= 0.3 is 0 Å². The molecule has 0 bridgehead atoms. The number of thioether (sulfide) groups is 1. The monoisotopic (exact) mass is 392 g/mol. The molecule has 0 spiro atoms. The van der Waals surface area contributed by atoms with Gasteiger partial charge < -0.3 is 15.6 Å². The Balaban J connectivity index is 1.31. The summed E-state index contributed by atoms with van der Waals surface area (Å²) in [5.41, 5.74) is 6.88. The molecule has 0 aromatic carbocycles. The molecule has 3 N–H and O–H groups in total. The Kier molecular flexibility index (Phi) is 5.33. The second-order valence-corrected chi connectivity index (χ2v) is 9.27. The van der Waals surface area contributed by atoms with Gasteiger partial charge in [0, 0.05) is 30.1 Å². The molecule has 8 heteroatoms. The number of aromatic nitrogens is 2.